The molecule has 1 aromatic heterocycles. The summed E-state index contributed by atoms with van der Waals surface area (Å²) in [5, 5.41) is 14.4. The zero-order valence-corrected chi connectivity index (χ0v) is 21.9. The predicted molar refractivity (Wildman–Crippen MR) is 152 cm³/mol. The van der Waals surface area contributed by atoms with E-state index in [0.29, 0.717) is 46.6 Å². The van der Waals surface area contributed by atoms with Gasteiger partial charge in [0.2, 0.25) is 0 Å². The molecule has 0 aliphatic heterocycles. The molecule has 5 rings (SSSR count). The van der Waals surface area contributed by atoms with Crippen molar-refractivity contribution in [1.82, 2.24) is 4.98 Å². The van der Waals surface area contributed by atoms with Gasteiger partial charge in [0, 0.05) is 17.5 Å². The van der Waals surface area contributed by atoms with Crippen molar-refractivity contribution >= 4 is 45.8 Å². The first-order valence-corrected chi connectivity index (χ1v) is 13.0. The number of anilines is 1. The van der Waals surface area contributed by atoms with E-state index in [2.05, 4.69) is 5.32 Å². The van der Waals surface area contributed by atoms with Crippen molar-refractivity contribution < 1.29 is 24.0 Å². The number of nitro groups is 1. The molecule has 0 spiro atoms. The second kappa shape index (κ2) is 11.8. The Morgan fingerprint density at radius 2 is 1.77 bits per heavy atom. The van der Waals surface area contributed by atoms with Crippen LogP contribution in [-0.2, 0) is 16.0 Å². The van der Waals surface area contributed by atoms with E-state index in [1.165, 1.54) is 12.1 Å². The third kappa shape index (κ3) is 5.68. The normalized spacial score (nSPS) is 13.5. The van der Waals surface area contributed by atoms with Gasteiger partial charge in [0.25, 0.3) is 11.6 Å². The minimum absolute atomic E-state index is 0.0192. The molecule has 0 atom stereocenters. The van der Waals surface area contributed by atoms with Gasteiger partial charge < -0.3 is 14.8 Å². The number of carbonyl (C=O) groups excluding carboxylic acids is 2. The van der Waals surface area contributed by atoms with Crippen LogP contribution < -0.4 is 10.1 Å². The number of carbonyl (C=O) groups is 2. The van der Waals surface area contributed by atoms with Gasteiger partial charge in [-0.1, -0.05) is 30.3 Å². The molecule has 3 aromatic carbocycles. The summed E-state index contributed by atoms with van der Waals surface area (Å²) in [5.74, 6) is -0.544. The summed E-state index contributed by atoms with van der Waals surface area (Å²) in [7, 11) is 0. The van der Waals surface area contributed by atoms with Crippen molar-refractivity contribution in [1.29, 1.82) is 0 Å². The topological polar surface area (TPSA) is 121 Å². The van der Waals surface area contributed by atoms with E-state index in [1.807, 2.05) is 43.3 Å². The first kappa shape index (κ1) is 26.6. The van der Waals surface area contributed by atoms with E-state index >= 15 is 0 Å². The number of hydrogen-bond donors (Lipinski definition) is 1. The molecule has 1 aliphatic carbocycles. The number of aromatic nitrogens is 1. The van der Waals surface area contributed by atoms with Crippen LogP contribution in [0.5, 0.6) is 5.75 Å². The first-order chi connectivity index (χ1) is 19.4. The Morgan fingerprint density at radius 1 is 1.02 bits per heavy atom. The molecule has 0 saturated heterocycles. The number of hydrogen-bond acceptors (Lipinski definition) is 7. The number of ether oxygens (including phenoxy) is 2. The lowest BCUT2D eigenvalue weighted by molar-refractivity contribution is -0.384. The quantitative estimate of drug-likeness (QED) is 0.161. The number of fused-ring (bicyclic) bond motifs is 2. The third-order valence-electron chi connectivity index (χ3n) is 6.61. The zero-order valence-electron chi connectivity index (χ0n) is 21.9. The smallest absolute Gasteiger partial charge is 0.339 e. The molecule has 4 aromatic rings. The highest BCUT2D eigenvalue weighted by Crippen LogP contribution is 2.36. The monoisotopic (exact) mass is 537 g/mol. The number of esters is 1. The fraction of sp³-hybridized carbons (Fsp3) is 0.194. The first-order valence-electron chi connectivity index (χ1n) is 13.0. The lowest BCUT2D eigenvalue weighted by Gasteiger charge is -2.22. The molecule has 0 unspecified atom stereocenters. The van der Waals surface area contributed by atoms with Crippen molar-refractivity contribution in [3.05, 3.63) is 105 Å². The number of nitro benzene ring substituents is 1. The molecular weight excluding hydrogens is 510 g/mol. The number of amides is 1. The molecule has 9 heteroatoms. The van der Waals surface area contributed by atoms with Crippen LogP contribution in [0.25, 0.3) is 22.6 Å². The van der Waals surface area contributed by atoms with Crippen molar-refractivity contribution in [2.75, 3.05) is 18.5 Å². The Hall–Kier alpha value is -5.05. The second-order valence-electron chi connectivity index (χ2n) is 9.26. The van der Waals surface area contributed by atoms with Crippen LogP contribution in [0.15, 0.2) is 72.8 Å². The van der Waals surface area contributed by atoms with Gasteiger partial charge in [-0.3, -0.25) is 14.9 Å². The van der Waals surface area contributed by atoms with Crippen molar-refractivity contribution in [2.45, 2.75) is 26.2 Å². The van der Waals surface area contributed by atoms with E-state index in [0.717, 1.165) is 29.5 Å². The molecule has 40 heavy (non-hydrogen) atoms. The summed E-state index contributed by atoms with van der Waals surface area (Å²) in [5.41, 5.74) is 4.76. The Bertz CT molecular complexity index is 1630. The summed E-state index contributed by atoms with van der Waals surface area (Å²) in [6.45, 7) is 1.84. The largest absolute Gasteiger partial charge is 0.492 e. The van der Waals surface area contributed by atoms with Crippen molar-refractivity contribution in [3.63, 3.8) is 0 Å². The summed E-state index contributed by atoms with van der Waals surface area (Å²) < 4.78 is 11.1. The Balaban J connectivity index is 1.43. The molecule has 9 nitrogen and oxygen atoms in total. The number of nitrogens with zero attached hydrogens (tertiary/aromatic N) is 2. The maximum absolute atomic E-state index is 13.5. The van der Waals surface area contributed by atoms with Crippen LogP contribution in [0.1, 0.15) is 46.9 Å². The van der Waals surface area contributed by atoms with Crippen LogP contribution in [0.2, 0.25) is 0 Å². The molecule has 0 bridgehead atoms. The van der Waals surface area contributed by atoms with Gasteiger partial charge in [0.05, 0.1) is 34.0 Å². The lowest BCUT2D eigenvalue weighted by Crippen LogP contribution is -2.23. The summed E-state index contributed by atoms with van der Waals surface area (Å²) in [6.07, 6.45) is 4.11. The summed E-state index contributed by atoms with van der Waals surface area (Å²) >= 11 is 0. The maximum atomic E-state index is 13.5. The number of pyridine rings is 1. The standard InChI is InChI=1S/C31H27N3O6/c1-2-39-27-13-6-5-12-26(27)32-28(35)19-40-31(36)29-23-9-3-4-11-25(23)33-30-21(8-7-10-24(29)30)18-20-14-16-22(17-15-20)34(37)38/h3-6,9,11-18H,2,7-8,10,19H2,1H3,(H,32,35). The number of rotatable bonds is 8. The minimum atomic E-state index is -0.598. The second-order valence-corrected chi connectivity index (χ2v) is 9.26. The zero-order chi connectivity index (χ0) is 28.1. The van der Waals surface area contributed by atoms with Gasteiger partial charge in [-0.15, -0.1) is 0 Å². The Morgan fingerprint density at radius 3 is 2.55 bits per heavy atom. The fourth-order valence-electron chi connectivity index (χ4n) is 4.84. The molecule has 0 saturated carbocycles. The van der Waals surface area contributed by atoms with Crippen LogP contribution in [0.3, 0.4) is 0 Å². The molecule has 0 radical (unpaired) electrons. The van der Waals surface area contributed by atoms with Gasteiger partial charge in [-0.25, -0.2) is 9.78 Å². The van der Waals surface area contributed by atoms with Crippen LogP contribution in [0.4, 0.5) is 11.4 Å². The number of para-hydroxylation sites is 3. The molecule has 1 heterocycles. The van der Waals surface area contributed by atoms with E-state index in [4.69, 9.17) is 14.5 Å². The number of non-ortho nitro benzene ring substituents is 1. The van der Waals surface area contributed by atoms with Crippen LogP contribution in [0, 0.1) is 10.1 Å². The SMILES string of the molecule is CCOc1ccccc1NC(=O)COC(=O)c1c2c(nc3ccccc13)C(=Cc1ccc([N+](=O)[O-])cc1)CCC2. The van der Waals surface area contributed by atoms with Gasteiger partial charge in [0.15, 0.2) is 6.61 Å². The number of benzene rings is 3. The molecule has 1 aliphatic rings. The van der Waals surface area contributed by atoms with Crippen LogP contribution in [-0.4, -0.2) is 35.0 Å². The lowest BCUT2D eigenvalue weighted by atomic mass is 9.86. The highest BCUT2D eigenvalue weighted by Gasteiger charge is 2.26. The minimum Gasteiger partial charge on any atom is -0.492 e. The fourth-order valence-corrected chi connectivity index (χ4v) is 4.84. The van der Waals surface area contributed by atoms with E-state index in [9.17, 15) is 19.7 Å². The van der Waals surface area contributed by atoms with Gasteiger partial charge in [-0.05, 0) is 79.3 Å². The highest BCUT2D eigenvalue weighted by molar-refractivity contribution is 6.07. The third-order valence-corrected chi connectivity index (χ3v) is 6.61. The van der Waals surface area contributed by atoms with Crippen LogP contribution >= 0.6 is 0 Å². The van der Waals surface area contributed by atoms with Gasteiger partial charge in [-0.2, -0.15) is 0 Å². The molecule has 202 valence electrons. The summed E-state index contributed by atoms with van der Waals surface area (Å²) in [4.78, 5) is 41.6. The highest BCUT2D eigenvalue weighted by atomic mass is 16.6. The molecule has 1 amide bonds. The van der Waals surface area contributed by atoms with E-state index in [-0.39, 0.29) is 5.69 Å². The van der Waals surface area contributed by atoms with Crippen molar-refractivity contribution in [3.8, 4) is 5.75 Å². The van der Waals surface area contributed by atoms with Gasteiger partial charge in [0.1, 0.15) is 5.75 Å². The molecular formula is C31H27N3O6. The van der Waals surface area contributed by atoms with Gasteiger partial charge >= 0.3 is 5.97 Å². The van der Waals surface area contributed by atoms with E-state index < -0.39 is 23.4 Å². The van der Waals surface area contributed by atoms with Crippen molar-refractivity contribution in [2.24, 2.45) is 0 Å². The average molecular weight is 538 g/mol. The summed E-state index contributed by atoms with van der Waals surface area (Å²) in [6, 6.07) is 20.7. The predicted octanol–water partition coefficient (Wildman–Crippen LogP) is 6.21. The Kier molecular flexibility index (Phi) is 7.82. The number of nitrogens with one attached hydrogen (secondary N) is 1. The molecule has 1 N–H and O–H groups in total. The number of allylic oxidation sites excluding steroid dienone is 1. The average Bonchev–Trinajstić information content (AvgIpc) is 2.96. The van der Waals surface area contributed by atoms with E-state index in [1.54, 1.807) is 30.3 Å². The Labute approximate surface area is 230 Å². The molecule has 0 fully saturated rings. The maximum Gasteiger partial charge on any atom is 0.339 e.